The largest absolute Gasteiger partial charge is 0.265 e. The van der Waals surface area contributed by atoms with Gasteiger partial charge in [0.2, 0.25) is 0 Å². The van der Waals surface area contributed by atoms with E-state index in [1.54, 1.807) is 11.3 Å². The van der Waals surface area contributed by atoms with Gasteiger partial charge in [-0.15, -0.1) is 11.3 Å². The zero-order chi connectivity index (χ0) is 10.7. The molecule has 2 heterocycles. The van der Waals surface area contributed by atoms with Gasteiger partial charge < -0.3 is 0 Å². The molecular weight excluding hydrogens is 338 g/mol. The van der Waals surface area contributed by atoms with E-state index in [0.717, 1.165) is 6.42 Å². The topological polar surface area (TPSA) is 12.9 Å². The van der Waals surface area contributed by atoms with Gasteiger partial charge >= 0.3 is 0 Å². The number of alkyl halides is 1. The van der Waals surface area contributed by atoms with E-state index >= 15 is 0 Å². The van der Waals surface area contributed by atoms with Crippen LogP contribution in [-0.4, -0.2) is 4.98 Å². The number of pyridine rings is 1. The zero-order valence-corrected chi connectivity index (χ0v) is 11.8. The molecule has 0 saturated heterocycles. The number of hydrogen-bond donors (Lipinski definition) is 0. The van der Waals surface area contributed by atoms with Crippen molar-refractivity contribution in [1.29, 1.82) is 0 Å². The van der Waals surface area contributed by atoms with Crippen LogP contribution < -0.4 is 0 Å². The standard InChI is InChI=1S/C11H9Br2NS/c12-9-3-6-15-11(9)10(13)7-8-1-4-14-5-2-8/h1-6,10H,7H2. The van der Waals surface area contributed by atoms with Crippen molar-refractivity contribution in [3.05, 3.63) is 50.9 Å². The molecule has 0 aliphatic rings. The fraction of sp³-hybridized carbons (Fsp3) is 0.182. The first-order chi connectivity index (χ1) is 7.27. The van der Waals surface area contributed by atoms with Crippen LogP contribution in [0.5, 0.6) is 0 Å². The van der Waals surface area contributed by atoms with Crippen molar-refractivity contribution in [3.63, 3.8) is 0 Å². The molecule has 0 spiro atoms. The quantitative estimate of drug-likeness (QED) is 0.741. The molecule has 0 aliphatic carbocycles. The van der Waals surface area contributed by atoms with Crippen LogP contribution in [0.25, 0.3) is 0 Å². The molecule has 0 amide bonds. The number of rotatable bonds is 3. The molecule has 1 atom stereocenters. The zero-order valence-electron chi connectivity index (χ0n) is 7.86. The van der Waals surface area contributed by atoms with Crippen LogP contribution in [0.15, 0.2) is 40.4 Å². The van der Waals surface area contributed by atoms with Crippen LogP contribution in [0.4, 0.5) is 0 Å². The van der Waals surface area contributed by atoms with Crippen molar-refractivity contribution >= 4 is 43.2 Å². The summed E-state index contributed by atoms with van der Waals surface area (Å²) in [4.78, 5) is 5.72. The maximum Gasteiger partial charge on any atom is 0.0540 e. The molecule has 15 heavy (non-hydrogen) atoms. The van der Waals surface area contributed by atoms with Crippen LogP contribution >= 0.6 is 43.2 Å². The van der Waals surface area contributed by atoms with Gasteiger partial charge in [0.15, 0.2) is 0 Å². The molecule has 4 heteroatoms. The molecule has 0 radical (unpaired) electrons. The number of halogens is 2. The Hall–Kier alpha value is -0.190. The third kappa shape index (κ3) is 2.89. The second-order valence-corrected chi connectivity index (χ2v) is 6.07. The molecule has 0 fully saturated rings. The number of hydrogen-bond acceptors (Lipinski definition) is 2. The summed E-state index contributed by atoms with van der Waals surface area (Å²) >= 11 is 9.03. The molecule has 2 aromatic heterocycles. The summed E-state index contributed by atoms with van der Waals surface area (Å²) in [5, 5.41) is 2.10. The molecule has 0 saturated carbocycles. The summed E-state index contributed by atoms with van der Waals surface area (Å²) in [5.41, 5.74) is 1.30. The lowest BCUT2D eigenvalue weighted by molar-refractivity contribution is 0.960. The first kappa shape index (κ1) is 11.3. The second-order valence-electron chi connectivity index (χ2n) is 3.16. The minimum Gasteiger partial charge on any atom is -0.265 e. The second kappa shape index (κ2) is 5.23. The predicted molar refractivity (Wildman–Crippen MR) is 71.6 cm³/mol. The highest BCUT2D eigenvalue weighted by atomic mass is 79.9. The van der Waals surface area contributed by atoms with Gasteiger partial charge in [-0.05, 0) is 51.5 Å². The van der Waals surface area contributed by atoms with Gasteiger partial charge in [-0.2, -0.15) is 0 Å². The molecule has 0 bridgehead atoms. The van der Waals surface area contributed by atoms with E-state index in [2.05, 4.69) is 60.4 Å². The summed E-state index contributed by atoms with van der Waals surface area (Å²) in [5.74, 6) is 0. The molecule has 1 nitrogen and oxygen atoms in total. The molecular formula is C11H9Br2NS. The first-order valence-electron chi connectivity index (χ1n) is 4.53. The number of aromatic nitrogens is 1. The smallest absolute Gasteiger partial charge is 0.0540 e. The maximum atomic E-state index is 4.01. The Morgan fingerprint density at radius 3 is 2.60 bits per heavy atom. The highest BCUT2D eigenvalue weighted by Crippen LogP contribution is 2.36. The van der Waals surface area contributed by atoms with Gasteiger partial charge in [0, 0.05) is 21.7 Å². The number of nitrogens with zero attached hydrogens (tertiary/aromatic N) is 1. The van der Waals surface area contributed by atoms with Gasteiger partial charge in [0.05, 0.1) is 4.83 Å². The van der Waals surface area contributed by atoms with Gasteiger partial charge in [-0.3, -0.25) is 4.98 Å². The summed E-state index contributed by atoms with van der Waals surface area (Å²) < 4.78 is 1.18. The van der Waals surface area contributed by atoms with E-state index in [1.807, 2.05) is 12.4 Å². The van der Waals surface area contributed by atoms with E-state index in [9.17, 15) is 0 Å². The predicted octanol–water partition coefficient (Wildman–Crippen LogP) is 4.58. The van der Waals surface area contributed by atoms with Crippen molar-refractivity contribution < 1.29 is 0 Å². The van der Waals surface area contributed by atoms with Crippen LogP contribution in [0.3, 0.4) is 0 Å². The summed E-state index contributed by atoms with van der Waals surface area (Å²) in [7, 11) is 0. The monoisotopic (exact) mass is 345 g/mol. The molecule has 2 aromatic rings. The normalized spacial score (nSPS) is 12.7. The van der Waals surface area contributed by atoms with E-state index in [-0.39, 0.29) is 0 Å². The van der Waals surface area contributed by atoms with Gasteiger partial charge in [0.25, 0.3) is 0 Å². The van der Waals surface area contributed by atoms with E-state index in [4.69, 9.17) is 0 Å². The Morgan fingerprint density at radius 1 is 1.27 bits per heavy atom. The van der Waals surface area contributed by atoms with Crippen molar-refractivity contribution in [3.8, 4) is 0 Å². The van der Waals surface area contributed by atoms with E-state index in [1.165, 1.54) is 14.9 Å². The lowest BCUT2D eigenvalue weighted by Crippen LogP contribution is -1.93. The van der Waals surface area contributed by atoms with E-state index < -0.39 is 0 Å². The average molecular weight is 347 g/mol. The fourth-order valence-corrected chi connectivity index (χ4v) is 4.23. The average Bonchev–Trinajstić information content (AvgIpc) is 2.66. The minimum atomic E-state index is 0.370. The highest BCUT2D eigenvalue weighted by molar-refractivity contribution is 9.11. The molecule has 1 unspecified atom stereocenters. The van der Waals surface area contributed by atoms with Crippen molar-refractivity contribution in [2.75, 3.05) is 0 Å². The maximum absolute atomic E-state index is 4.01. The Bertz CT molecular complexity index is 427. The highest BCUT2D eigenvalue weighted by Gasteiger charge is 2.12. The van der Waals surface area contributed by atoms with E-state index in [0.29, 0.717) is 4.83 Å². The fourth-order valence-electron chi connectivity index (χ4n) is 1.35. The SMILES string of the molecule is Brc1ccsc1C(Br)Cc1ccncc1. The molecule has 0 aromatic carbocycles. The molecule has 0 aliphatic heterocycles. The number of thiophene rings is 1. The Balaban J connectivity index is 2.11. The van der Waals surface area contributed by atoms with Crippen molar-refractivity contribution in [1.82, 2.24) is 4.98 Å². The van der Waals surface area contributed by atoms with Crippen molar-refractivity contribution in [2.45, 2.75) is 11.2 Å². The lowest BCUT2D eigenvalue weighted by Gasteiger charge is -2.08. The molecule has 2 rings (SSSR count). The lowest BCUT2D eigenvalue weighted by atomic mass is 10.1. The Labute approximate surface area is 110 Å². The molecule has 0 N–H and O–H groups in total. The first-order valence-corrected chi connectivity index (χ1v) is 7.12. The third-order valence-electron chi connectivity index (χ3n) is 2.09. The van der Waals surface area contributed by atoms with Crippen LogP contribution in [0.2, 0.25) is 0 Å². The van der Waals surface area contributed by atoms with Gasteiger partial charge in [0.1, 0.15) is 0 Å². The summed E-state index contributed by atoms with van der Waals surface area (Å²) in [6.45, 7) is 0. The van der Waals surface area contributed by atoms with Crippen molar-refractivity contribution in [2.24, 2.45) is 0 Å². The summed E-state index contributed by atoms with van der Waals surface area (Å²) in [6.07, 6.45) is 4.65. The minimum absolute atomic E-state index is 0.370. The van der Waals surface area contributed by atoms with Gasteiger partial charge in [-0.1, -0.05) is 15.9 Å². The Morgan fingerprint density at radius 2 is 2.00 bits per heavy atom. The molecule has 78 valence electrons. The third-order valence-corrected chi connectivity index (χ3v) is 5.16. The van der Waals surface area contributed by atoms with Crippen LogP contribution in [0.1, 0.15) is 15.3 Å². The summed E-state index contributed by atoms with van der Waals surface area (Å²) in [6, 6.07) is 6.19. The van der Waals surface area contributed by atoms with Crippen LogP contribution in [0, 0.1) is 0 Å². The van der Waals surface area contributed by atoms with Gasteiger partial charge in [-0.25, -0.2) is 0 Å². The Kier molecular flexibility index (Phi) is 3.94. The van der Waals surface area contributed by atoms with Crippen LogP contribution in [-0.2, 0) is 6.42 Å².